The fraction of sp³-hybridized carbons (Fsp3) is 0.148. The van der Waals surface area contributed by atoms with Crippen molar-refractivity contribution in [3.63, 3.8) is 0 Å². The number of benzene rings is 5. The van der Waals surface area contributed by atoms with Crippen LogP contribution in [-0.2, 0) is 31.1 Å². The molecule has 1 aliphatic carbocycles. The topological polar surface area (TPSA) is 440 Å². The Bertz CT molecular complexity index is 6380. The fourth-order valence-corrected chi connectivity index (χ4v) is 13.4. The van der Waals surface area contributed by atoms with Crippen LogP contribution in [0.25, 0.3) is 29.1 Å². The number of pyridine rings is 5. The molecule has 5 aromatic carbocycles. The molecule has 30 nitrogen and oxygen atoms in total. The van der Waals surface area contributed by atoms with Gasteiger partial charge in [0.2, 0.25) is 0 Å². The number of carbonyl (C=O) groups is 5. The summed E-state index contributed by atoms with van der Waals surface area (Å²) < 4.78 is 33.9. The van der Waals surface area contributed by atoms with E-state index in [0.717, 1.165) is 67.0 Å². The highest BCUT2D eigenvalue weighted by Gasteiger charge is 2.47. The highest BCUT2D eigenvalue weighted by Crippen LogP contribution is 2.52. The highest BCUT2D eigenvalue weighted by atomic mass is 35.5. The molecule has 10 aromatic heterocycles. The van der Waals surface area contributed by atoms with Crippen LogP contribution >= 0.6 is 11.6 Å². The van der Waals surface area contributed by atoms with Gasteiger partial charge in [0, 0.05) is 126 Å². The van der Waals surface area contributed by atoms with Crippen LogP contribution in [0.5, 0.6) is 0 Å². The number of nitrogens with one attached hydrogen (secondary N) is 5. The van der Waals surface area contributed by atoms with Gasteiger partial charge in [-0.05, 0) is 189 Å². The second kappa shape index (κ2) is 36.7. The fourth-order valence-electron chi connectivity index (χ4n) is 13.1. The first-order chi connectivity index (χ1) is 57.7. The Labute approximate surface area is 689 Å². The summed E-state index contributed by atoms with van der Waals surface area (Å²) in [6, 6.07) is 50.7. The van der Waals surface area contributed by atoms with E-state index in [4.69, 9.17) is 37.1 Å². The predicted octanol–water partition coefficient (Wildman–Crippen LogP) is 12.5. The first-order valence-electron chi connectivity index (χ1n) is 37.2. The summed E-state index contributed by atoms with van der Waals surface area (Å²) >= 11 is 6.05. The van der Waals surface area contributed by atoms with Crippen molar-refractivity contribution in [3.05, 3.63) is 405 Å². The molecule has 0 aliphatic heterocycles. The number of aryl methyl sites for hydroxylation is 6. The number of aromatic carboxylic acids is 5. The van der Waals surface area contributed by atoms with Crippen molar-refractivity contribution in [1.29, 1.82) is 0 Å². The van der Waals surface area contributed by atoms with E-state index in [1.54, 1.807) is 44.2 Å². The van der Waals surface area contributed by atoms with Crippen molar-refractivity contribution in [2.45, 2.75) is 85.5 Å². The largest absolute Gasteiger partial charge is 0.478 e. The second-order valence-electron chi connectivity index (χ2n) is 28.6. The summed E-state index contributed by atoms with van der Waals surface area (Å²) in [5.74, 6) is -5.00. The van der Waals surface area contributed by atoms with Gasteiger partial charge in [0.1, 0.15) is 11.6 Å². The number of halogens is 3. The zero-order valence-corrected chi connectivity index (χ0v) is 66.2. The maximum atomic E-state index is 13.9. The highest BCUT2D eigenvalue weighted by molar-refractivity contribution is 6.30. The van der Waals surface area contributed by atoms with Crippen molar-refractivity contribution in [2.75, 3.05) is 0 Å². The van der Waals surface area contributed by atoms with E-state index < -0.39 is 41.0 Å². The van der Waals surface area contributed by atoms with Crippen LogP contribution in [0.3, 0.4) is 0 Å². The van der Waals surface area contributed by atoms with Gasteiger partial charge >= 0.3 is 29.8 Å². The van der Waals surface area contributed by atoms with E-state index in [1.165, 1.54) is 159 Å². The van der Waals surface area contributed by atoms with E-state index in [2.05, 4.69) is 80.7 Å². The smallest absolute Gasteiger partial charge is 0.335 e. The Kier molecular flexibility index (Phi) is 25.7. The maximum absolute atomic E-state index is 13.9. The summed E-state index contributed by atoms with van der Waals surface area (Å²) in [6.45, 7) is 11.7. The minimum absolute atomic E-state index is 0.0210. The first-order valence-corrected chi connectivity index (χ1v) is 37.6. The van der Waals surface area contributed by atoms with Crippen LogP contribution in [0, 0.1) is 53.2 Å². The normalized spacial score (nSPS) is 11.6. The van der Waals surface area contributed by atoms with Crippen molar-refractivity contribution in [2.24, 2.45) is 0 Å². The molecule has 1 saturated carbocycles. The summed E-state index contributed by atoms with van der Waals surface area (Å²) in [5, 5.41) is 60.6. The molecule has 0 atom stereocenters. The SMILES string of the molecule is Cc1cc(Cl)cc(Cc2cc(=O)n(-c3cc(C(=O)O)ccn3)[nH]2)c1.Cc1ccc(C2(c3cc(=O)n(-c4cc(C(=O)O)ccn4)[nH]3)CC2)cc1.Cc1ccc(Cc2cc(=O)n(-c3cc(C(=O)O)ccn3)[nH]2)c(C)c1.Cc1ccc(Cc2cc(=O)n(-c3cc(C(=O)O)ccn3)[nH]2)c(F)c1.Cc1ccc(Cc2cc(=O)n(-c3cc(C(=O)O)ccn3)[nH]2)c(F)c1. The van der Waals surface area contributed by atoms with Gasteiger partial charge in [0.15, 0.2) is 29.1 Å². The van der Waals surface area contributed by atoms with E-state index in [-0.39, 0.29) is 103 Å². The lowest BCUT2D eigenvalue weighted by Crippen LogP contribution is -2.16. The number of nitrogens with zero attached hydrogens (tertiary/aromatic N) is 10. The summed E-state index contributed by atoms with van der Waals surface area (Å²) in [7, 11) is 0. The molecule has 0 radical (unpaired) electrons. The lowest BCUT2D eigenvalue weighted by molar-refractivity contribution is 0.0686. The molecule has 10 heterocycles. The van der Waals surface area contributed by atoms with E-state index in [1.807, 2.05) is 58.0 Å². The van der Waals surface area contributed by atoms with Crippen LogP contribution in [0.4, 0.5) is 8.78 Å². The standard InChI is InChI=1S/C19H17N3O3.C18H17N3O3.C17H14ClN3O3.2C17H14FN3O3/c1-12-2-4-14(5-3-12)19(7-8-19)15-11-17(23)22(21-15)16-10-13(18(24)25)6-9-20-16;1-11-3-4-13(12(2)7-11)8-15-10-17(22)21(20-15)16-9-14(18(23)24)5-6-19-16;1-10-4-11(6-13(18)5-10)7-14-9-16(22)21(20-14)15-8-12(17(23)24)2-3-19-15;2*1-10-2-3-11(14(18)6-10)7-13-9-16(22)21(20-13)15-8-12(17(23)24)4-5-19-15/h2-6,9-11,21H,7-8H2,1H3,(H,24,25);3-7,9-10,20H,8H2,1-2H3,(H,23,24);3*2-6,8-9,20H,7H2,1H3,(H,23,24). The molecule has 121 heavy (non-hydrogen) atoms. The van der Waals surface area contributed by atoms with Crippen LogP contribution in [0.2, 0.25) is 5.02 Å². The van der Waals surface area contributed by atoms with Crippen molar-refractivity contribution >= 4 is 41.4 Å². The molecule has 0 bridgehead atoms. The van der Waals surface area contributed by atoms with Crippen LogP contribution in [0.15, 0.2) is 243 Å². The zero-order chi connectivity index (χ0) is 86.7. The number of aromatic nitrogens is 15. The Morgan fingerprint density at radius 1 is 0.347 bits per heavy atom. The molecule has 0 spiro atoms. The van der Waals surface area contributed by atoms with Crippen molar-refractivity contribution in [3.8, 4) is 29.1 Å². The number of carboxylic acid groups (broad SMARTS) is 5. The third-order valence-electron chi connectivity index (χ3n) is 19.3. The molecule has 16 rings (SSSR count). The van der Waals surface area contributed by atoms with Gasteiger partial charge in [0.05, 0.1) is 27.8 Å². The molecule has 0 amide bonds. The van der Waals surface area contributed by atoms with E-state index in [0.29, 0.717) is 46.1 Å². The molecule has 0 unspecified atom stereocenters. The first kappa shape index (κ1) is 84.8. The van der Waals surface area contributed by atoms with Gasteiger partial charge in [-0.3, -0.25) is 49.5 Å². The second-order valence-corrected chi connectivity index (χ2v) is 29.1. The summed E-state index contributed by atoms with van der Waals surface area (Å²) in [6.07, 6.45) is 10.2. The third-order valence-corrected chi connectivity index (χ3v) is 19.6. The average Bonchev–Trinajstić information content (AvgIpc) is 1.58. The number of H-pyrrole nitrogens is 5. The molecule has 10 N–H and O–H groups in total. The lowest BCUT2D eigenvalue weighted by atomic mass is 9.92. The van der Waals surface area contributed by atoms with Gasteiger partial charge in [-0.2, -0.15) is 0 Å². The molecule has 1 aliphatic rings. The Hall–Kier alpha value is -15.6. The van der Waals surface area contributed by atoms with Crippen molar-refractivity contribution < 1.29 is 58.3 Å². The number of rotatable bonds is 20. The van der Waals surface area contributed by atoms with Crippen LogP contribution in [0.1, 0.15) is 154 Å². The van der Waals surface area contributed by atoms with Gasteiger partial charge in [-0.1, -0.05) is 95.5 Å². The molecular formula is C88H76ClF2N15O15. The molecule has 15 aromatic rings. The molecule has 1 fully saturated rings. The molecule has 0 saturated heterocycles. The third kappa shape index (κ3) is 21.0. The monoisotopic (exact) mass is 1660 g/mol. The van der Waals surface area contributed by atoms with Gasteiger partial charge in [-0.25, -0.2) is 81.1 Å². The van der Waals surface area contributed by atoms with Gasteiger partial charge in [0.25, 0.3) is 27.8 Å². The van der Waals surface area contributed by atoms with Crippen LogP contribution < -0.4 is 27.8 Å². The summed E-state index contributed by atoms with van der Waals surface area (Å²) in [4.78, 5) is 136. The number of hydrogen-bond acceptors (Lipinski definition) is 15. The molecule has 33 heteroatoms. The maximum Gasteiger partial charge on any atom is 0.335 e. The summed E-state index contributed by atoms with van der Waals surface area (Å²) in [5.41, 5.74) is 12.2. The van der Waals surface area contributed by atoms with Crippen LogP contribution in [-0.4, -0.2) is 129 Å². The Morgan fingerprint density at radius 3 is 0.975 bits per heavy atom. The van der Waals surface area contributed by atoms with E-state index >= 15 is 0 Å². The quantitative estimate of drug-likeness (QED) is 0.0339. The Balaban J connectivity index is 0.000000138. The molecule has 614 valence electrons. The zero-order valence-electron chi connectivity index (χ0n) is 65.5. The van der Waals surface area contributed by atoms with E-state index in [9.17, 15) is 56.7 Å². The average molecular weight is 1660 g/mol. The predicted molar refractivity (Wildman–Crippen MR) is 443 cm³/mol. The van der Waals surface area contributed by atoms with Gasteiger partial charge < -0.3 is 25.5 Å². The van der Waals surface area contributed by atoms with Crippen molar-refractivity contribution in [1.82, 2.24) is 73.8 Å². The van der Waals surface area contributed by atoms with Gasteiger partial charge in [-0.15, -0.1) is 0 Å². The minimum atomic E-state index is -1.11. The molecular weight excluding hydrogens is 1580 g/mol. The number of aromatic amines is 5. The number of carboxylic acids is 5. The lowest BCUT2D eigenvalue weighted by Gasteiger charge is -2.14. The minimum Gasteiger partial charge on any atom is -0.478 e. The number of hydrogen-bond donors (Lipinski definition) is 10. The Morgan fingerprint density at radius 2 is 0.653 bits per heavy atom.